The number of ether oxygens (including phenoxy) is 2. The first-order valence-corrected chi connectivity index (χ1v) is 11.8. The number of anilines is 1. The van der Waals surface area contributed by atoms with Crippen LogP contribution in [0.2, 0.25) is 0 Å². The van der Waals surface area contributed by atoms with Gasteiger partial charge in [0.05, 0.1) is 30.9 Å². The van der Waals surface area contributed by atoms with Gasteiger partial charge < -0.3 is 9.47 Å². The molecule has 1 aliphatic rings. The van der Waals surface area contributed by atoms with E-state index in [1.807, 2.05) is 52.1 Å². The van der Waals surface area contributed by atoms with Gasteiger partial charge in [-0.15, -0.1) is 22.7 Å². The molecular weight excluding hydrogens is 418 g/mol. The number of carbonyl (C=O) groups is 1. The molecule has 2 aromatic heterocycles. The van der Waals surface area contributed by atoms with Gasteiger partial charge in [-0.1, -0.05) is 6.07 Å². The van der Waals surface area contributed by atoms with Crippen molar-refractivity contribution < 1.29 is 14.3 Å². The van der Waals surface area contributed by atoms with Gasteiger partial charge in [0.1, 0.15) is 5.75 Å². The highest BCUT2D eigenvalue weighted by molar-refractivity contribution is 7.14. The van der Waals surface area contributed by atoms with E-state index in [2.05, 4.69) is 4.90 Å². The molecule has 1 fully saturated rings. The quantitative estimate of drug-likeness (QED) is 0.521. The summed E-state index contributed by atoms with van der Waals surface area (Å²) in [5.74, 6) is 0.828. The smallest absolute Gasteiger partial charge is 0.270 e. The molecule has 1 aliphatic heterocycles. The highest BCUT2D eigenvalue weighted by atomic mass is 32.1. The number of aromatic nitrogens is 1. The van der Waals surface area contributed by atoms with Crippen molar-refractivity contribution in [1.29, 1.82) is 0 Å². The first kappa shape index (κ1) is 21.0. The molecule has 3 heterocycles. The predicted octanol–water partition coefficient (Wildman–Crippen LogP) is 4.25. The zero-order valence-electron chi connectivity index (χ0n) is 17.0. The number of benzene rings is 1. The molecule has 0 radical (unpaired) electrons. The molecule has 0 spiro atoms. The fourth-order valence-electron chi connectivity index (χ4n) is 3.38. The van der Waals surface area contributed by atoms with E-state index >= 15 is 0 Å². The van der Waals surface area contributed by atoms with Crippen molar-refractivity contribution in [3.05, 3.63) is 52.0 Å². The molecule has 0 atom stereocenters. The maximum Gasteiger partial charge on any atom is 0.270 e. The van der Waals surface area contributed by atoms with Crippen molar-refractivity contribution in [1.82, 2.24) is 9.88 Å². The van der Waals surface area contributed by atoms with Crippen molar-refractivity contribution in [2.45, 2.75) is 6.42 Å². The zero-order valence-corrected chi connectivity index (χ0v) is 18.6. The monoisotopic (exact) mass is 443 g/mol. The molecule has 0 aliphatic carbocycles. The molecule has 0 unspecified atom stereocenters. The van der Waals surface area contributed by atoms with Crippen LogP contribution in [0.3, 0.4) is 0 Å². The molecule has 158 valence electrons. The minimum absolute atomic E-state index is 0.0163. The summed E-state index contributed by atoms with van der Waals surface area (Å²) >= 11 is 2.98. The minimum atomic E-state index is 0.0163. The Bertz CT molecular complexity index is 935. The minimum Gasteiger partial charge on any atom is -0.497 e. The first-order chi connectivity index (χ1) is 14.7. The SMILES string of the molecule is COc1ccc(-c2csc(N(CCCN3CCOCC3)C(=O)c3cccs3)n2)cc1. The van der Waals surface area contributed by atoms with E-state index in [0.29, 0.717) is 6.54 Å². The molecule has 3 aromatic rings. The van der Waals surface area contributed by atoms with Crippen LogP contribution >= 0.6 is 22.7 Å². The number of amides is 1. The van der Waals surface area contributed by atoms with Gasteiger partial charge in [0, 0.05) is 37.1 Å². The van der Waals surface area contributed by atoms with E-state index in [1.54, 1.807) is 7.11 Å². The number of thiazole rings is 1. The molecule has 8 heteroatoms. The van der Waals surface area contributed by atoms with Crippen molar-refractivity contribution >= 4 is 33.7 Å². The van der Waals surface area contributed by atoms with Gasteiger partial charge in [-0.3, -0.25) is 14.6 Å². The van der Waals surface area contributed by atoms with Gasteiger partial charge >= 0.3 is 0 Å². The van der Waals surface area contributed by atoms with E-state index in [-0.39, 0.29) is 5.91 Å². The van der Waals surface area contributed by atoms with E-state index < -0.39 is 0 Å². The summed E-state index contributed by atoms with van der Waals surface area (Å²) in [5.41, 5.74) is 1.88. The van der Waals surface area contributed by atoms with Crippen molar-refractivity contribution in [2.75, 3.05) is 51.4 Å². The number of morpholine rings is 1. The third-order valence-electron chi connectivity index (χ3n) is 5.05. The van der Waals surface area contributed by atoms with E-state index in [9.17, 15) is 4.79 Å². The van der Waals surface area contributed by atoms with Crippen LogP contribution in [-0.4, -0.2) is 62.3 Å². The topological polar surface area (TPSA) is 54.9 Å². The van der Waals surface area contributed by atoms with Crippen molar-refractivity contribution in [2.24, 2.45) is 0 Å². The van der Waals surface area contributed by atoms with Gasteiger partial charge in [-0.05, 0) is 42.1 Å². The van der Waals surface area contributed by atoms with E-state index in [4.69, 9.17) is 14.5 Å². The number of hydrogen-bond acceptors (Lipinski definition) is 7. The summed E-state index contributed by atoms with van der Waals surface area (Å²) in [6.45, 7) is 5.08. The third-order valence-corrected chi connectivity index (χ3v) is 6.77. The van der Waals surface area contributed by atoms with Gasteiger partial charge in [0.25, 0.3) is 5.91 Å². The second-order valence-corrected chi connectivity index (χ2v) is 8.77. The van der Waals surface area contributed by atoms with Crippen molar-refractivity contribution in [3.63, 3.8) is 0 Å². The highest BCUT2D eigenvalue weighted by Crippen LogP contribution is 2.30. The van der Waals surface area contributed by atoms with Crippen LogP contribution in [0, 0.1) is 0 Å². The lowest BCUT2D eigenvalue weighted by atomic mass is 10.2. The molecule has 4 rings (SSSR count). The average Bonchev–Trinajstić information content (AvgIpc) is 3.50. The van der Waals surface area contributed by atoms with E-state index in [1.165, 1.54) is 22.7 Å². The lowest BCUT2D eigenvalue weighted by Gasteiger charge is -2.27. The summed E-state index contributed by atoms with van der Waals surface area (Å²) < 4.78 is 10.7. The Morgan fingerprint density at radius 2 is 2.00 bits per heavy atom. The molecule has 0 N–H and O–H groups in total. The summed E-state index contributed by atoms with van der Waals surface area (Å²) in [6, 6.07) is 11.6. The summed E-state index contributed by atoms with van der Waals surface area (Å²) in [4.78, 5) is 22.9. The van der Waals surface area contributed by atoms with Crippen LogP contribution in [0.1, 0.15) is 16.1 Å². The van der Waals surface area contributed by atoms with Gasteiger partial charge in [-0.2, -0.15) is 0 Å². The molecule has 1 saturated heterocycles. The van der Waals surface area contributed by atoms with Crippen LogP contribution in [-0.2, 0) is 4.74 Å². The maximum atomic E-state index is 13.2. The Morgan fingerprint density at radius 3 is 2.70 bits per heavy atom. The Balaban J connectivity index is 1.49. The third kappa shape index (κ3) is 5.07. The lowest BCUT2D eigenvalue weighted by Crippen LogP contribution is -2.39. The average molecular weight is 444 g/mol. The number of carbonyl (C=O) groups excluding carboxylic acids is 1. The summed E-state index contributed by atoms with van der Waals surface area (Å²) in [6.07, 6.45) is 0.897. The second-order valence-electron chi connectivity index (χ2n) is 6.99. The van der Waals surface area contributed by atoms with Crippen LogP contribution in [0.15, 0.2) is 47.2 Å². The second kappa shape index (κ2) is 10.2. The summed E-state index contributed by atoms with van der Waals surface area (Å²) in [5, 5.41) is 4.68. The Kier molecular flexibility index (Phi) is 7.11. The largest absolute Gasteiger partial charge is 0.497 e. The molecule has 1 amide bonds. The zero-order chi connectivity index (χ0) is 20.8. The number of thiophene rings is 1. The van der Waals surface area contributed by atoms with Gasteiger partial charge in [0.15, 0.2) is 5.13 Å². The molecule has 0 bridgehead atoms. The number of rotatable bonds is 8. The van der Waals surface area contributed by atoms with Crippen molar-refractivity contribution in [3.8, 4) is 17.0 Å². The highest BCUT2D eigenvalue weighted by Gasteiger charge is 2.22. The van der Waals surface area contributed by atoms with Crippen LogP contribution in [0.25, 0.3) is 11.3 Å². The molecule has 30 heavy (non-hydrogen) atoms. The molecule has 1 aromatic carbocycles. The molecule has 6 nitrogen and oxygen atoms in total. The fraction of sp³-hybridized carbons (Fsp3) is 0.364. The molecular formula is C22H25N3O3S2. The fourth-order valence-corrected chi connectivity index (χ4v) is 4.91. The van der Waals surface area contributed by atoms with E-state index in [0.717, 1.165) is 66.3 Å². The normalized spacial score (nSPS) is 14.6. The predicted molar refractivity (Wildman–Crippen MR) is 122 cm³/mol. The Morgan fingerprint density at radius 1 is 1.20 bits per heavy atom. The lowest BCUT2D eigenvalue weighted by molar-refractivity contribution is 0.0376. The Labute approximate surface area is 184 Å². The number of hydrogen-bond donors (Lipinski definition) is 0. The first-order valence-electron chi connectivity index (χ1n) is 10.00. The summed E-state index contributed by atoms with van der Waals surface area (Å²) in [7, 11) is 1.65. The molecule has 0 saturated carbocycles. The standard InChI is InChI=1S/C22H25N3O3S2/c1-27-18-7-5-17(6-8-18)19-16-30-22(23-19)25(21(26)20-4-2-15-29-20)10-3-9-24-11-13-28-14-12-24/h2,4-8,15-16H,3,9-14H2,1H3. The van der Waals surface area contributed by atoms with Crippen LogP contribution in [0.4, 0.5) is 5.13 Å². The van der Waals surface area contributed by atoms with Crippen LogP contribution in [0.5, 0.6) is 5.75 Å². The van der Waals surface area contributed by atoms with Gasteiger partial charge in [0.2, 0.25) is 0 Å². The van der Waals surface area contributed by atoms with Crippen LogP contribution < -0.4 is 9.64 Å². The van der Waals surface area contributed by atoms with Gasteiger partial charge in [-0.25, -0.2) is 4.98 Å². The number of methoxy groups -OCH3 is 1. The Hall–Kier alpha value is -2.26. The number of nitrogens with zero attached hydrogens (tertiary/aromatic N) is 3. The maximum absolute atomic E-state index is 13.2.